The van der Waals surface area contributed by atoms with E-state index in [0.717, 1.165) is 6.61 Å². The van der Waals surface area contributed by atoms with Gasteiger partial charge < -0.3 is 4.74 Å². The third kappa shape index (κ3) is 3.75. The largest absolute Gasteiger partial charge is 0.384 e. The first kappa shape index (κ1) is 11.0. The van der Waals surface area contributed by atoms with Crippen LogP contribution in [-0.2, 0) is 4.74 Å². The van der Waals surface area contributed by atoms with Crippen LogP contribution in [0.1, 0.15) is 18.1 Å². The minimum absolute atomic E-state index is 0.473. The summed E-state index contributed by atoms with van der Waals surface area (Å²) in [7, 11) is 1.73. The highest BCUT2D eigenvalue weighted by Crippen LogP contribution is 2.08. The maximum atomic E-state index is 5.06. The van der Waals surface area contributed by atoms with Gasteiger partial charge in [0.2, 0.25) is 0 Å². The van der Waals surface area contributed by atoms with Gasteiger partial charge in [0, 0.05) is 7.11 Å². The molecule has 0 heterocycles. The molecular weight excluding hydrogens is 172 g/mol. The molecule has 0 saturated heterocycles. The van der Waals surface area contributed by atoms with Crippen LogP contribution < -0.4 is 0 Å². The molecule has 1 atom stereocenters. The maximum absolute atomic E-state index is 5.06. The fraction of sp³-hybridized carbons (Fsp3) is 0.385. The molecular formula is C13H18O. The fourth-order valence-electron chi connectivity index (χ4n) is 1.37. The van der Waals surface area contributed by atoms with Crippen molar-refractivity contribution in [2.24, 2.45) is 5.92 Å². The van der Waals surface area contributed by atoms with E-state index in [-0.39, 0.29) is 0 Å². The van der Waals surface area contributed by atoms with Crippen molar-refractivity contribution in [3.05, 3.63) is 41.5 Å². The highest BCUT2D eigenvalue weighted by Gasteiger charge is 1.94. The second kappa shape index (κ2) is 5.61. The summed E-state index contributed by atoms with van der Waals surface area (Å²) in [5.74, 6) is 0.473. The number of benzene rings is 1. The topological polar surface area (TPSA) is 9.23 Å². The molecule has 0 aliphatic heterocycles. The minimum Gasteiger partial charge on any atom is -0.384 e. The zero-order valence-corrected chi connectivity index (χ0v) is 9.16. The molecule has 0 radical (unpaired) electrons. The first-order chi connectivity index (χ1) is 6.72. The lowest BCUT2D eigenvalue weighted by molar-refractivity contribution is 0.176. The Bertz CT molecular complexity index is 302. The Labute approximate surface area is 86.4 Å². The van der Waals surface area contributed by atoms with Crippen LogP contribution in [-0.4, -0.2) is 13.7 Å². The van der Waals surface area contributed by atoms with Gasteiger partial charge in [-0.2, -0.15) is 0 Å². The lowest BCUT2D eigenvalue weighted by Crippen LogP contribution is -1.98. The van der Waals surface area contributed by atoms with Gasteiger partial charge >= 0.3 is 0 Å². The highest BCUT2D eigenvalue weighted by molar-refractivity contribution is 5.50. The van der Waals surface area contributed by atoms with Crippen LogP contribution >= 0.6 is 0 Å². The Kier molecular flexibility index (Phi) is 4.41. The Balaban J connectivity index is 2.59. The zero-order valence-electron chi connectivity index (χ0n) is 9.16. The molecule has 1 rings (SSSR count). The van der Waals surface area contributed by atoms with Crippen molar-refractivity contribution in [2.45, 2.75) is 13.8 Å². The van der Waals surface area contributed by atoms with Gasteiger partial charge in [0.25, 0.3) is 0 Å². The molecule has 1 heteroatoms. The van der Waals surface area contributed by atoms with E-state index in [1.165, 1.54) is 11.1 Å². The van der Waals surface area contributed by atoms with E-state index in [9.17, 15) is 0 Å². The van der Waals surface area contributed by atoms with Crippen molar-refractivity contribution in [1.29, 1.82) is 0 Å². The van der Waals surface area contributed by atoms with E-state index in [4.69, 9.17) is 4.74 Å². The summed E-state index contributed by atoms with van der Waals surface area (Å²) < 4.78 is 5.06. The SMILES string of the molecule is COC[C@H](C)/C=C/c1cccc(C)c1. The van der Waals surface area contributed by atoms with Gasteiger partial charge in [0.15, 0.2) is 0 Å². The molecule has 76 valence electrons. The van der Waals surface area contributed by atoms with Crippen molar-refractivity contribution < 1.29 is 4.74 Å². The summed E-state index contributed by atoms with van der Waals surface area (Å²) in [6, 6.07) is 8.48. The van der Waals surface area contributed by atoms with E-state index >= 15 is 0 Å². The third-order valence-corrected chi connectivity index (χ3v) is 2.09. The van der Waals surface area contributed by atoms with Crippen LogP contribution in [0.15, 0.2) is 30.3 Å². The lowest BCUT2D eigenvalue weighted by atomic mass is 10.1. The van der Waals surface area contributed by atoms with E-state index in [1.54, 1.807) is 7.11 Å². The molecule has 0 saturated carbocycles. The summed E-state index contributed by atoms with van der Waals surface area (Å²) in [5.41, 5.74) is 2.56. The van der Waals surface area contributed by atoms with Gasteiger partial charge in [-0.05, 0) is 18.4 Å². The predicted octanol–water partition coefficient (Wildman–Crippen LogP) is 3.29. The molecule has 1 nitrogen and oxygen atoms in total. The maximum Gasteiger partial charge on any atom is 0.0522 e. The second-order valence-corrected chi connectivity index (χ2v) is 3.71. The highest BCUT2D eigenvalue weighted by atomic mass is 16.5. The minimum atomic E-state index is 0.473. The molecule has 0 aliphatic carbocycles. The summed E-state index contributed by atoms with van der Waals surface area (Å²) in [5, 5.41) is 0. The average molecular weight is 190 g/mol. The number of ether oxygens (including phenoxy) is 1. The van der Waals surface area contributed by atoms with Gasteiger partial charge in [-0.3, -0.25) is 0 Å². The lowest BCUT2D eigenvalue weighted by Gasteiger charge is -2.03. The molecule has 0 aliphatic rings. The average Bonchev–Trinajstić information content (AvgIpc) is 2.15. The molecule has 1 aromatic carbocycles. The second-order valence-electron chi connectivity index (χ2n) is 3.71. The first-order valence-electron chi connectivity index (χ1n) is 4.96. The molecule has 14 heavy (non-hydrogen) atoms. The monoisotopic (exact) mass is 190 g/mol. The smallest absolute Gasteiger partial charge is 0.0522 e. The summed E-state index contributed by atoms with van der Waals surface area (Å²) >= 11 is 0. The molecule has 1 aromatic rings. The van der Waals surface area contributed by atoms with Crippen molar-refractivity contribution in [2.75, 3.05) is 13.7 Å². The van der Waals surface area contributed by atoms with E-state index in [2.05, 4.69) is 50.3 Å². The standard InChI is InChI=1S/C13H18O/c1-11-5-4-6-13(9-11)8-7-12(2)10-14-3/h4-9,12H,10H2,1-3H3/b8-7+/t12-/m1/s1. The molecule has 0 N–H and O–H groups in total. The van der Waals surface area contributed by atoms with Crippen molar-refractivity contribution in [3.8, 4) is 0 Å². The van der Waals surface area contributed by atoms with Gasteiger partial charge in [-0.15, -0.1) is 0 Å². The van der Waals surface area contributed by atoms with Crippen LogP contribution in [0.25, 0.3) is 6.08 Å². The van der Waals surface area contributed by atoms with Gasteiger partial charge in [0.05, 0.1) is 6.61 Å². The molecule has 0 unspecified atom stereocenters. The molecule has 0 spiro atoms. The van der Waals surface area contributed by atoms with E-state index in [0.29, 0.717) is 5.92 Å². The fourth-order valence-corrected chi connectivity index (χ4v) is 1.37. The van der Waals surface area contributed by atoms with Gasteiger partial charge in [0.1, 0.15) is 0 Å². The Morgan fingerprint density at radius 2 is 2.21 bits per heavy atom. The molecule has 0 amide bonds. The summed E-state index contributed by atoms with van der Waals surface area (Å²) in [6.07, 6.45) is 4.33. The van der Waals surface area contributed by atoms with Crippen LogP contribution in [0.2, 0.25) is 0 Å². The third-order valence-electron chi connectivity index (χ3n) is 2.09. The molecule has 0 aromatic heterocycles. The normalized spacial score (nSPS) is 13.4. The van der Waals surface area contributed by atoms with E-state index in [1.807, 2.05) is 0 Å². The molecule has 0 bridgehead atoms. The van der Waals surface area contributed by atoms with Gasteiger partial charge in [-0.25, -0.2) is 0 Å². The van der Waals surface area contributed by atoms with Crippen LogP contribution in [0.5, 0.6) is 0 Å². The van der Waals surface area contributed by atoms with Crippen LogP contribution in [0, 0.1) is 12.8 Å². The number of methoxy groups -OCH3 is 1. The number of hydrogen-bond donors (Lipinski definition) is 0. The Hall–Kier alpha value is -1.08. The quantitative estimate of drug-likeness (QED) is 0.708. The zero-order chi connectivity index (χ0) is 10.4. The van der Waals surface area contributed by atoms with Gasteiger partial charge in [-0.1, -0.05) is 48.9 Å². The summed E-state index contributed by atoms with van der Waals surface area (Å²) in [4.78, 5) is 0. The number of hydrogen-bond acceptors (Lipinski definition) is 1. The van der Waals surface area contributed by atoms with E-state index < -0.39 is 0 Å². The molecule has 0 fully saturated rings. The van der Waals surface area contributed by atoms with Crippen molar-refractivity contribution in [1.82, 2.24) is 0 Å². The van der Waals surface area contributed by atoms with Crippen molar-refractivity contribution >= 4 is 6.08 Å². The summed E-state index contributed by atoms with van der Waals surface area (Å²) in [6.45, 7) is 5.04. The predicted molar refractivity (Wildman–Crippen MR) is 61.3 cm³/mol. The van der Waals surface area contributed by atoms with Crippen LogP contribution in [0.3, 0.4) is 0 Å². The first-order valence-corrected chi connectivity index (χ1v) is 4.96. The number of aryl methyl sites for hydroxylation is 1. The number of rotatable bonds is 4. The Morgan fingerprint density at radius 1 is 1.43 bits per heavy atom. The van der Waals surface area contributed by atoms with Crippen molar-refractivity contribution in [3.63, 3.8) is 0 Å². The van der Waals surface area contributed by atoms with Crippen LogP contribution in [0.4, 0.5) is 0 Å². The Morgan fingerprint density at radius 3 is 2.86 bits per heavy atom.